The van der Waals surface area contributed by atoms with Gasteiger partial charge >= 0.3 is 6.09 Å². The molecule has 2 amide bonds. The first-order chi connectivity index (χ1) is 14.7. The Bertz CT molecular complexity index is 891. The van der Waals surface area contributed by atoms with Crippen LogP contribution in [-0.2, 0) is 22.5 Å². The van der Waals surface area contributed by atoms with Crippen molar-refractivity contribution < 1.29 is 14.3 Å². The highest BCUT2D eigenvalue weighted by molar-refractivity contribution is 6.30. The molecule has 1 aliphatic heterocycles. The van der Waals surface area contributed by atoms with Crippen molar-refractivity contribution in [2.75, 3.05) is 26.2 Å². The van der Waals surface area contributed by atoms with Crippen LogP contribution in [0.1, 0.15) is 32.0 Å². The van der Waals surface area contributed by atoms with Gasteiger partial charge in [0.1, 0.15) is 11.6 Å². The first-order valence-corrected chi connectivity index (χ1v) is 10.8. The van der Waals surface area contributed by atoms with Crippen LogP contribution in [-0.4, -0.2) is 64.3 Å². The van der Waals surface area contributed by atoms with Crippen LogP contribution in [0.15, 0.2) is 36.8 Å². The summed E-state index contributed by atoms with van der Waals surface area (Å²) in [6.45, 7) is 8.01. The molecule has 1 aromatic heterocycles. The van der Waals surface area contributed by atoms with Crippen LogP contribution >= 0.6 is 11.6 Å². The van der Waals surface area contributed by atoms with E-state index < -0.39 is 17.7 Å². The SMILES string of the molecule is CC(C)(C)OC(=O)N1CCN[C@@H](C(=O)NCCc2cncn2Cc2ccc(Cl)cc2)C1. The quantitative estimate of drug-likeness (QED) is 0.710. The van der Waals surface area contributed by atoms with Gasteiger partial charge in [0, 0.05) is 56.1 Å². The Kier molecular flexibility index (Phi) is 7.56. The van der Waals surface area contributed by atoms with Crippen LogP contribution in [0.4, 0.5) is 4.79 Å². The van der Waals surface area contributed by atoms with Gasteiger partial charge in [0.15, 0.2) is 0 Å². The summed E-state index contributed by atoms with van der Waals surface area (Å²) in [5.41, 5.74) is 1.60. The van der Waals surface area contributed by atoms with E-state index in [1.807, 2.05) is 51.2 Å². The number of amides is 2. The number of halogens is 1. The van der Waals surface area contributed by atoms with E-state index in [0.29, 0.717) is 37.6 Å². The molecule has 3 rings (SSSR count). The van der Waals surface area contributed by atoms with Crippen molar-refractivity contribution in [3.8, 4) is 0 Å². The third kappa shape index (κ3) is 6.97. The summed E-state index contributed by atoms with van der Waals surface area (Å²) in [5.74, 6) is -0.128. The molecule has 0 unspecified atom stereocenters. The number of carbonyl (C=O) groups is 2. The molecule has 31 heavy (non-hydrogen) atoms. The molecule has 1 aromatic carbocycles. The predicted molar refractivity (Wildman–Crippen MR) is 119 cm³/mol. The van der Waals surface area contributed by atoms with Gasteiger partial charge in [-0.05, 0) is 38.5 Å². The Morgan fingerprint density at radius 1 is 1.29 bits per heavy atom. The van der Waals surface area contributed by atoms with Crippen molar-refractivity contribution in [2.24, 2.45) is 0 Å². The first-order valence-electron chi connectivity index (χ1n) is 10.4. The summed E-state index contributed by atoms with van der Waals surface area (Å²) in [4.78, 5) is 30.7. The molecule has 1 aliphatic rings. The van der Waals surface area contributed by atoms with E-state index >= 15 is 0 Å². The molecule has 0 radical (unpaired) electrons. The Morgan fingerprint density at radius 3 is 2.74 bits per heavy atom. The van der Waals surface area contributed by atoms with E-state index in [4.69, 9.17) is 16.3 Å². The van der Waals surface area contributed by atoms with E-state index in [1.54, 1.807) is 11.2 Å². The lowest BCUT2D eigenvalue weighted by Crippen LogP contribution is -2.59. The smallest absolute Gasteiger partial charge is 0.410 e. The molecule has 1 saturated heterocycles. The number of nitrogens with zero attached hydrogens (tertiary/aromatic N) is 3. The highest BCUT2D eigenvalue weighted by atomic mass is 35.5. The molecular weight excluding hydrogens is 418 g/mol. The number of aromatic nitrogens is 2. The second kappa shape index (κ2) is 10.2. The highest BCUT2D eigenvalue weighted by Gasteiger charge is 2.30. The number of nitrogens with one attached hydrogen (secondary N) is 2. The van der Waals surface area contributed by atoms with Gasteiger partial charge in [0.2, 0.25) is 5.91 Å². The van der Waals surface area contributed by atoms with E-state index in [9.17, 15) is 9.59 Å². The molecule has 2 N–H and O–H groups in total. The number of rotatable bonds is 6. The van der Waals surface area contributed by atoms with Gasteiger partial charge in [-0.25, -0.2) is 9.78 Å². The zero-order chi connectivity index (χ0) is 22.4. The van der Waals surface area contributed by atoms with Crippen LogP contribution < -0.4 is 10.6 Å². The van der Waals surface area contributed by atoms with E-state index in [-0.39, 0.29) is 12.5 Å². The summed E-state index contributed by atoms with van der Waals surface area (Å²) in [6.07, 6.45) is 3.86. The molecule has 2 heterocycles. The monoisotopic (exact) mass is 447 g/mol. The molecule has 0 aliphatic carbocycles. The number of piperazine rings is 1. The fourth-order valence-corrected chi connectivity index (χ4v) is 3.47. The lowest BCUT2D eigenvalue weighted by molar-refractivity contribution is -0.124. The Hall–Kier alpha value is -2.58. The molecule has 2 aromatic rings. The molecule has 1 fully saturated rings. The van der Waals surface area contributed by atoms with Crippen LogP contribution in [0.5, 0.6) is 0 Å². The Labute approximate surface area is 187 Å². The molecule has 0 saturated carbocycles. The number of carbonyl (C=O) groups excluding carboxylic acids is 2. The molecule has 0 bridgehead atoms. The minimum absolute atomic E-state index is 0.128. The van der Waals surface area contributed by atoms with E-state index in [1.165, 1.54) is 0 Å². The largest absolute Gasteiger partial charge is 0.444 e. The maximum atomic E-state index is 12.6. The van der Waals surface area contributed by atoms with Crippen molar-refractivity contribution in [2.45, 2.75) is 45.4 Å². The lowest BCUT2D eigenvalue weighted by Gasteiger charge is -2.34. The minimum atomic E-state index is -0.561. The maximum Gasteiger partial charge on any atom is 0.410 e. The second-order valence-corrected chi connectivity index (χ2v) is 9.05. The molecule has 0 spiro atoms. The Morgan fingerprint density at radius 2 is 2.03 bits per heavy atom. The average molecular weight is 448 g/mol. The first kappa shape index (κ1) is 23.1. The number of ether oxygens (including phenoxy) is 1. The molecular formula is C22H30ClN5O3. The van der Waals surface area contributed by atoms with Crippen LogP contribution in [0.25, 0.3) is 0 Å². The standard InChI is InChI=1S/C22H30ClN5O3/c1-22(2,3)31-21(30)27-11-10-25-19(14-27)20(29)26-9-8-18-12-24-15-28(18)13-16-4-6-17(23)7-5-16/h4-7,12,15,19,25H,8-11,13-14H2,1-3H3,(H,26,29)/t19-/m1/s1. The molecule has 8 nitrogen and oxygen atoms in total. The van der Waals surface area contributed by atoms with Gasteiger partial charge in [0.05, 0.1) is 6.33 Å². The number of hydrogen-bond acceptors (Lipinski definition) is 5. The third-order valence-corrected chi connectivity index (χ3v) is 5.14. The minimum Gasteiger partial charge on any atom is -0.444 e. The van der Waals surface area contributed by atoms with Crippen molar-refractivity contribution in [3.63, 3.8) is 0 Å². The topological polar surface area (TPSA) is 88.5 Å². The van der Waals surface area contributed by atoms with Crippen molar-refractivity contribution in [1.82, 2.24) is 25.1 Å². The van der Waals surface area contributed by atoms with Crippen molar-refractivity contribution in [1.29, 1.82) is 0 Å². The van der Waals surface area contributed by atoms with E-state index in [2.05, 4.69) is 20.2 Å². The second-order valence-electron chi connectivity index (χ2n) is 8.61. The summed E-state index contributed by atoms with van der Waals surface area (Å²) < 4.78 is 7.47. The summed E-state index contributed by atoms with van der Waals surface area (Å²) in [7, 11) is 0. The number of imidazole rings is 1. The summed E-state index contributed by atoms with van der Waals surface area (Å²) >= 11 is 5.95. The maximum absolute atomic E-state index is 12.6. The molecule has 168 valence electrons. The third-order valence-electron chi connectivity index (χ3n) is 4.89. The predicted octanol–water partition coefficient (Wildman–Crippen LogP) is 2.45. The fourth-order valence-electron chi connectivity index (χ4n) is 3.34. The van der Waals surface area contributed by atoms with Gasteiger partial charge in [-0.3, -0.25) is 4.79 Å². The number of hydrogen-bond donors (Lipinski definition) is 2. The molecule has 9 heteroatoms. The van der Waals surface area contributed by atoms with Gasteiger partial charge in [-0.1, -0.05) is 23.7 Å². The number of benzene rings is 1. The zero-order valence-corrected chi connectivity index (χ0v) is 19.0. The van der Waals surface area contributed by atoms with Gasteiger partial charge in [0.25, 0.3) is 0 Å². The summed E-state index contributed by atoms with van der Waals surface area (Å²) in [6, 6.07) is 7.25. The van der Waals surface area contributed by atoms with Gasteiger partial charge in [-0.15, -0.1) is 0 Å². The summed E-state index contributed by atoms with van der Waals surface area (Å²) in [5, 5.41) is 6.83. The van der Waals surface area contributed by atoms with Crippen LogP contribution in [0.2, 0.25) is 5.02 Å². The molecule has 1 atom stereocenters. The van der Waals surface area contributed by atoms with E-state index in [0.717, 1.165) is 11.3 Å². The Balaban J connectivity index is 1.47. The van der Waals surface area contributed by atoms with Gasteiger partial charge < -0.3 is 24.8 Å². The lowest BCUT2D eigenvalue weighted by atomic mass is 10.2. The van der Waals surface area contributed by atoms with Crippen molar-refractivity contribution in [3.05, 3.63) is 53.1 Å². The average Bonchev–Trinajstić information content (AvgIpc) is 3.15. The zero-order valence-electron chi connectivity index (χ0n) is 18.2. The fraction of sp³-hybridized carbons (Fsp3) is 0.500. The highest BCUT2D eigenvalue weighted by Crippen LogP contribution is 2.13. The normalized spacial score (nSPS) is 16.8. The van der Waals surface area contributed by atoms with Gasteiger partial charge in [-0.2, -0.15) is 0 Å². The van der Waals surface area contributed by atoms with Crippen LogP contribution in [0.3, 0.4) is 0 Å². The van der Waals surface area contributed by atoms with Crippen LogP contribution in [0, 0.1) is 0 Å². The van der Waals surface area contributed by atoms with Crippen molar-refractivity contribution >= 4 is 23.6 Å².